The molecular weight excluding hydrogens is 315 g/mol. The molecule has 0 amide bonds. The molecule has 0 saturated heterocycles. The molecule has 7 heteroatoms. The highest BCUT2D eigenvalue weighted by Gasteiger charge is 2.32. The van der Waals surface area contributed by atoms with Gasteiger partial charge in [0.05, 0.1) is 10.5 Å². The molecule has 0 aromatic heterocycles. The van der Waals surface area contributed by atoms with Crippen molar-refractivity contribution in [2.45, 2.75) is 16.3 Å². The highest BCUT2D eigenvalue weighted by atomic mass is 32.2. The van der Waals surface area contributed by atoms with Gasteiger partial charge in [-0.1, -0.05) is 30.3 Å². The molecular formula is C15H14F3NO2S. The summed E-state index contributed by atoms with van der Waals surface area (Å²) in [6, 6.07) is 11.7. The van der Waals surface area contributed by atoms with E-state index in [-0.39, 0.29) is 17.0 Å². The number of rotatable bonds is 4. The lowest BCUT2D eigenvalue weighted by Gasteiger charge is -2.17. The van der Waals surface area contributed by atoms with Crippen molar-refractivity contribution >= 4 is 9.84 Å². The zero-order valence-corrected chi connectivity index (χ0v) is 12.2. The molecule has 2 N–H and O–H groups in total. The molecule has 22 heavy (non-hydrogen) atoms. The quantitative estimate of drug-likeness (QED) is 0.937. The molecule has 0 aliphatic heterocycles. The zero-order chi connectivity index (χ0) is 16.4. The summed E-state index contributed by atoms with van der Waals surface area (Å²) in [5.74, 6) is 0. The number of sulfone groups is 1. The van der Waals surface area contributed by atoms with Crippen molar-refractivity contribution in [3.8, 4) is 0 Å². The first-order chi connectivity index (χ1) is 10.3. The minimum Gasteiger partial charge on any atom is -0.329 e. The summed E-state index contributed by atoms with van der Waals surface area (Å²) in [5.41, 5.74) is 4.96. The summed E-state index contributed by atoms with van der Waals surface area (Å²) in [4.78, 5) is 0.0883. The Morgan fingerprint density at radius 1 is 0.955 bits per heavy atom. The Bertz CT molecular complexity index is 726. The first-order valence-corrected chi connectivity index (χ1v) is 7.97. The van der Waals surface area contributed by atoms with Gasteiger partial charge in [0.25, 0.3) is 0 Å². The van der Waals surface area contributed by atoms with Crippen molar-refractivity contribution in [1.29, 1.82) is 0 Å². The Labute approximate surface area is 126 Å². The third-order valence-corrected chi connectivity index (χ3v) is 5.41. The van der Waals surface area contributed by atoms with E-state index in [1.54, 1.807) is 18.2 Å². The zero-order valence-electron chi connectivity index (χ0n) is 11.4. The third-order valence-electron chi connectivity index (χ3n) is 3.27. The molecule has 2 rings (SSSR count). The molecule has 0 fully saturated rings. The maximum Gasteiger partial charge on any atom is 0.416 e. The minimum absolute atomic E-state index is 0.0883. The van der Waals surface area contributed by atoms with Crippen LogP contribution in [0.2, 0.25) is 0 Å². The maximum absolute atomic E-state index is 12.6. The number of halogens is 3. The third kappa shape index (κ3) is 3.31. The van der Waals surface area contributed by atoms with Gasteiger partial charge >= 0.3 is 6.18 Å². The number of benzene rings is 2. The van der Waals surface area contributed by atoms with Gasteiger partial charge in [-0.25, -0.2) is 8.42 Å². The first-order valence-electron chi connectivity index (χ1n) is 6.43. The van der Waals surface area contributed by atoms with Crippen LogP contribution in [0, 0.1) is 0 Å². The molecule has 0 radical (unpaired) electrons. The van der Waals surface area contributed by atoms with Crippen LogP contribution in [0.5, 0.6) is 0 Å². The van der Waals surface area contributed by atoms with Gasteiger partial charge in [0.1, 0.15) is 5.25 Å². The minimum atomic E-state index is -4.46. The summed E-state index contributed by atoms with van der Waals surface area (Å²) in [6.45, 7) is -0.220. The lowest BCUT2D eigenvalue weighted by molar-refractivity contribution is -0.137. The van der Waals surface area contributed by atoms with Crippen molar-refractivity contribution in [3.63, 3.8) is 0 Å². The standard InChI is InChI=1S/C15H14F3NO2S/c16-15(17,18)12-8-6-11(7-9-12)14(10-19)22(20,21)13-4-2-1-3-5-13/h1-9,14H,10,19H2/t14-/m1/s1. The van der Waals surface area contributed by atoms with Gasteiger partial charge < -0.3 is 5.73 Å². The van der Waals surface area contributed by atoms with Gasteiger partial charge in [0, 0.05) is 6.54 Å². The van der Waals surface area contributed by atoms with Crippen LogP contribution < -0.4 is 5.73 Å². The molecule has 1 atom stereocenters. The SMILES string of the molecule is NC[C@H](c1ccc(C(F)(F)F)cc1)S(=O)(=O)c1ccccc1. The second-order valence-electron chi connectivity index (χ2n) is 4.70. The summed E-state index contributed by atoms with van der Waals surface area (Å²) < 4.78 is 62.8. The van der Waals surface area contributed by atoms with E-state index in [0.29, 0.717) is 0 Å². The molecule has 0 aliphatic rings. The maximum atomic E-state index is 12.6. The number of hydrogen-bond acceptors (Lipinski definition) is 3. The summed E-state index contributed by atoms with van der Waals surface area (Å²) in [6.07, 6.45) is -4.46. The highest BCUT2D eigenvalue weighted by molar-refractivity contribution is 7.91. The van der Waals surface area contributed by atoms with Gasteiger partial charge in [-0.2, -0.15) is 13.2 Å². The fourth-order valence-corrected chi connectivity index (χ4v) is 3.74. The Balaban J connectivity index is 2.41. The molecule has 0 heterocycles. The normalized spacial score (nSPS) is 13.8. The summed E-state index contributed by atoms with van der Waals surface area (Å²) >= 11 is 0. The van der Waals surface area contributed by atoms with Gasteiger partial charge in [-0.05, 0) is 29.8 Å². The van der Waals surface area contributed by atoms with Gasteiger partial charge in [-0.3, -0.25) is 0 Å². The van der Waals surface area contributed by atoms with Crippen LogP contribution in [0.3, 0.4) is 0 Å². The van der Waals surface area contributed by atoms with Crippen LogP contribution in [0.25, 0.3) is 0 Å². The Morgan fingerprint density at radius 2 is 1.50 bits per heavy atom. The van der Waals surface area contributed by atoms with Crippen molar-refractivity contribution in [3.05, 3.63) is 65.7 Å². The average molecular weight is 329 g/mol. The molecule has 118 valence electrons. The summed E-state index contributed by atoms with van der Waals surface area (Å²) in [5, 5.41) is -1.09. The second kappa shape index (κ2) is 6.10. The predicted molar refractivity (Wildman–Crippen MR) is 76.9 cm³/mol. The number of nitrogens with two attached hydrogens (primary N) is 1. The van der Waals surface area contributed by atoms with E-state index in [9.17, 15) is 21.6 Å². The van der Waals surface area contributed by atoms with Gasteiger partial charge in [-0.15, -0.1) is 0 Å². The van der Waals surface area contributed by atoms with E-state index < -0.39 is 26.8 Å². The molecule has 0 unspecified atom stereocenters. The van der Waals surface area contributed by atoms with Crippen LogP contribution in [-0.2, 0) is 16.0 Å². The van der Waals surface area contributed by atoms with E-state index >= 15 is 0 Å². The second-order valence-corrected chi connectivity index (χ2v) is 6.83. The van der Waals surface area contributed by atoms with E-state index in [4.69, 9.17) is 5.73 Å². The Kier molecular flexibility index (Phi) is 4.58. The van der Waals surface area contributed by atoms with Crippen LogP contribution in [0.15, 0.2) is 59.5 Å². The summed E-state index contributed by atoms with van der Waals surface area (Å²) in [7, 11) is -3.76. The largest absolute Gasteiger partial charge is 0.416 e. The molecule has 2 aromatic rings. The molecule has 0 saturated carbocycles. The van der Waals surface area contributed by atoms with Crippen LogP contribution >= 0.6 is 0 Å². The van der Waals surface area contributed by atoms with Crippen LogP contribution in [-0.4, -0.2) is 15.0 Å². The smallest absolute Gasteiger partial charge is 0.329 e. The van der Waals surface area contributed by atoms with E-state index in [2.05, 4.69) is 0 Å². The van der Waals surface area contributed by atoms with Crippen LogP contribution in [0.1, 0.15) is 16.4 Å². The molecule has 0 bridgehead atoms. The van der Waals surface area contributed by atoms with Crippen molar-refractivity contribution in [2.75, 3.05) is 6.54 Å². The number of hydrogen-bond donors (Lipinski definition) is 1. The van der Waals surface area contributed by atoms with Crippen molar-refractivity contribution in [2.24, 2.45) is 5.73 Å². The Hall–Kier alpha value is -1.86. The van der Waals surface area contributed by atoms with Gasteiger partial charge in [0.15, 0.2) is 9.84 Å². The lowest BCUT2D eigenvalue weighted by Crippen LogP contribution is -2.22. The average Bonchev–Trinajstić information content (AvgIpc) is 2.48. The molecule has 2 aromatic carbocycles. The number of alkyl halides is 3. The lowest BCUT2D eigenvalue weighted by atomic mass is 10.1. The molecule has 0 aliphatic carbocycles. The fourth-order valence-electron chi connectivity index (χ4n) is 2.10. The highest BCUT2D eigenvalue weighted by Crippen LogP contribution is 2.32. The van der Waals surface area contributed by atoms with Crippen molar-refractivity contribution in [1.82, 2.24) is 0 Å². The van der Waals surface area contributed by atoms with Crippen molar-refractivity contribution < 1.29 is 21.6 Å². The monoisotopic (exact) mass is 329 g/mol. The topological polar surface area (TPSA) is 60.2 Å². The molecule has 0 spiro atoms. The fraction of sp³-hybridized carbons (Fsp3) is 0.200. The van der Waals surface area contributed by atoms with E-state index in [1.165, 1.54) is 12.1 Å². The predicted octanol–water partition coefficient (Wildman–Crippen LogP) is 3.18. The van der Waals surface area contributed by atoms with Gasteiger partial charge in [0.2, 0.25) is 0 Å². The molecule has 3 nitrogen and oxygen atoms in total. The first kappa shape index (κ1) is 16.5. The van der Waals surface area contributed by atoms with Crippen LogP contribution in [0.4, 0.5) is 13.2 Å². The van der Waals surface area contributed by atoms with E-state index in [1.807, 2.05) is 0 Å². The van der Waals surface area contributed by atoms with E-state index in [0.717, 1.165) is 24.3 Å². The Morgan fingerprint density at radius 3 is 1.95 bits per heavy atom.